The Morgan fingerprint density at radius 2 is 1.96 bits per heavy atom. The van der Waals surface area contributed by atoms with Gasteiger partial charge in [-0.15, -0.1) is 5.10 Å². The van der Waals surface area contributed by atoms with Gasteiger partial charge in [-0.3, -0.25) is 4.79 Å². The van der Waals surface area contributed by atoms with E-state index in [0.29, 0.717) is 11.6 Å². The van der Waals surface area contributed by atoms with Crippen molar-refractivity contribution in [3.8, 4) is 0 Å². The number of aromatic nitrogens is 4. The second-order valence-corrected chi connectivity index (χ2v) is 7.34. The first-order valence-electron chi connectivity index (χ1n) is 9.09. The Labute approximate surface area is 165 Å². The molecule has 1 aliphatic rings. The maximum Gasteiger partial charge on any atom is 0.302 e. The molecule has 1 aromatic carbocycles. The number of hydrogen-bond donors (Lipinski definition) is 1. The third-order valence-electron chi connectivity index (χ3n) is 4.80. The number of hydrogen-bond acceptors (Lipinski definition) is 6. The summed E-state index contributed by atoms with van der Waals surface area (Å²) < 4.78 is 20.6. The molecule has 0 radical (unpaired) electrons. The summed E-state index contributed by atoms with van der Waals surface area (Å²) in [6.07, 6.45) is 6.71. The summed E-state index contributed by atoms with van der Waals surface area (Å²) in [5.41, 5.74) is 1.24. The zero-order valence-corrected chi connectivity index (χ0v) is 16.0. The monoisotopic (exact) mass is 403 g/mol. The van der Waals surface area contributed by atoms with Crippen LogP contribution in [0, 0.1) is 5.82 Å². The number of ether oxygens (including phenoxy) is 1. The normalized spacial score (nSPS) is 19.5. The molecular formula is C19H19ClFN5O2. The van der Waals surface area contributed by atoms with E-state index in [2.05, 4.69) is 20.4 Å². The van der Waals surface area contributed by atoms with Crippen LogP contribution >= 0.6 is 11.6 Å². The van der Waals surface area contributed by atoms with Gasteiger partial charge in [0.25, 0.3) is 0 Å². The Bertz CT molecular complexity index is 996. The summed E-state index contributed by atoms with van der Waals surface area (Å²) in [5.74, 6) is 0.709. The van der Waals surface area contributed by atoms with Gasteiger partial charge in [0, 0.05) is 23.6 Å². The fourth-order valence-electron chi connectivity index (χ4n) is 3.58. The van der Waals surface area contributed by atoms with E-state index in [-0.39, 0.29) is 23.0 Å². The highest BCUT2D eigenvalue weighted by Crippen LogP contribution is 2.33. The van der Waals surface area contributed by atoms with Gasteiger partial charge in [0.1, 0.15) is 23.3 Å². The lowest BCUT2D eigenvalue weighted by Crippen LogP contribution is -2.23. The smallest absolute Gasteiger partial charge is 0.302 e. The number of halogens is 2. The Morgan fingerprint density at radius 3 is 2.68 bits per heavy atom. The van der Waals surface area contributed by atoms with E-state index in [9.17, 15) is 9.18 Å². The zero-order chi connectivity index (χ0) is 19.7. The number of carbonyl (C=O) groups excluding carboxylic acids is 1. The van der Waals surface area contributed by atoms with Gasteiger partial charge < -0.3 is 10.1 Å². The van der Waals surface area contributed by atoms with Gasteiger partial charge in [-0.25, -0.2) is 18.9 Å². The van der Waals surface area contributed by atoms with Crippen molar-refractivity contribution in [1.82, 2.24) is 19.6 Å². The van der Waals surface area contributed by atoms with Gasteiger partial charge in [0.15, 0.2) is 0 Å². The lowest BCUT2D eigenvalue weighted by atomic mass is 9.87. The molecule has 0 bridgehead atoms. The molecule has 0 saturated heterocycles. The summed E-state index contributed by atoms with van der Waals surface area (Å²) >= 11 is 5.90. The highest BCUT2D eigenvalue weighted by Gasteiger charge is 2.27. The summed E-state index contributed by atoms with van der Waals surface area (Å²) in [7, 11) is 0. The Morgan fingerprint density at radius 1 is 1.21 bits per heavy atom. The van der Waals surface area contributed by atoms with Crippen molar-refractivity contribution in [3.05, 3.63) is 47.3 Å². The molecule has 1 N–H and O–H groups in total. The van der Waals surface area contributed by atoms with Crippen LogP contribution in [0.15, 0.2) is 30.6 Å². The van der Waals surface area contributed by atoms with Crippen molar-refractivity contribution in [2.24, 2.45) is 0 Å². The number of anilines is 2. The van der Waals surface area contributed by atoms with E-state index in [1.54, 1.807) is 23.0 Å². The highest BCUT2D eigenvalue weighted by atomic mass is 35.5. The molecule has 4 rings (SSSR count). The Kier molecular flexibility index (Phi) is 5.13. The number of nitrogens with zero attached hydrogens (tertiary/aromatic N) is 4. The number of fused-ring (bicyclic) bond motifs is 1. The number of carbonyl (C=O) groups is 1. The molecule has 0 spiro atoms. The first-order chi connectivity index (χ1) is 13.5. The molecule has 1 saturated carbocycles. The molecule has 0 amide bonds. The third kappa shape index (κ3) is 4.06. The van der Waals surface area contributed by atoms with Crippen LogP contribution in [0.2, 0.25) is 5.02 Å². The predicted octanol–water partition coefficient (Wildman–Crippen LogP) is 4.25. The lowest BCUT2D eigenvalue weighted by molar-refractivity contribution is -0.147. The van der Waals surface area contributed by atoms with Crippen molar-refractivity contribution in [3.63, 3.8) is 0 Å². The first kappa shape index (κ1) is 18.6. The molecular weight excluding hydrogens is 385 g/mol. The second-order valence-electron chi connectivity index (χ2n) is 6.90. The molecule has 0 aliphatic heterocycles. The molecule has 28 heavy (non-hydrogen) atoms. The fraction of sp³-hybridized carbons (Fsp3) is 0.368. The maximum absolute atomic E-state index is 13.5. The van der Waals surface area contributed by atoms with Gasteiger partial charge in [0.2, 0.25) is 5.95 Å². The van der Waals surface area contributed by atoms with Crippen LogP contribution in [0.1, 0.15) is 44.3 Å². The molecule has 1 fully saturated rings. The SMILES string of the molecule is CC(=O)O[C@H]1CC[C@H](c2ncc3cnc(Nc4cc(F)cc(Cl)c4)nn32)CC1. The van der Waals surface area contributed by atoms with E-state index in [0.717, 1.165) is 37.0 Å². The second kappa shape index (κ2) is 7.71. The number of nitrogens with one attached hydrogen (secondary N) is 1. The predicted molar refractivity (Wildman–Crippen MR) is 102 cm³/mol. The summed E-state index contributed by atoms with van der Waals surface area (Å²) in [6.45, 7) is 1.44. The number of rotatable bonds is 4. The Hall–Kier alpha value is -2.74. The van der Waals surface area contributed by atoms with Gasteiger partial charge in [0.05, 0.1) is 12.4 Å². The quantitative estimate of drug-likeness (QED) is 0.656. The van der Waals surface area contributed by atoms with Crippen molar-refractivity contribution < 1.29 is 13.9 Å². The number of benzene rings is 1. The van der Waals surface area contributed by atoms with Crippen LogP contribution < -0.4 is 5.32 Å². The molecule has 2 aromatic heterocycles. The van der Waals surface area contributed by atoms with Crippen molar-refractivity contribution in [2.45, 2.75) is 44.6 Å². The third-order valence-corrected chi connectivity index (χ3v) is 5.01. The van der Waals surface area contributed by atoms with Crippen LogP contribution in [0.5, 0.6) is 0 Å². The molecule has 3 aromatic rings. The summed E-state index contributed by atoms with van der Waals surface area (Å²) in [6, 6.07) is 4.16. The van der Waals surface area contributed by atoms with E-state index >= 15 is 0 Å². The minimum atomic E-state index is -0.441. The molecule has 0 unspecified atom stereocenters. The van der Waals surface area contributed by atoms with Crippen LogP contribution in [-0.4, -0.2) is 31.7 Å². The van der Waals surface area contributed by atoms with Gasteiger partial charge >= 0.3 is 5.97 Å². The molecule has 7 nitrogen and oxygen atoms in total. The number of esters is 1. The van der Waals surface area contributed by atoms with Gasteiger partial charge in [-0.1, -0.05) is 11.6 Å². The zero-order valence-electron chi connectivity index (χ0n) is 15.2. The van der Waals surface area contributed by atoms with Gasteiger partial charge in [-0.05, 0) is 43.9 Å². The lowest BCUT2D eigenvalue weighted by Gasteiger charge is -2.27. The van der Waals surface area contributed by atoms with Crippen molar-refractivity contribution in [2.75, 3.05) is 5.32 Å². The molecule has 1 aliphatic carbocycles. The average Bonchev–Trinajstić information content (AvgIpc) is 3.04. The molecule has 0 atom stereocenters. The first-order valence-corrected chi connectivity index (χ1v) is 9.47. The standard InChI is InChI=1S/C19H19ClFN5O2/c1-11(27)28-17-4-2-12(3-5-17)18-22-9-16-10-23-19(25-26(16)18)24-15-7-13(20)6-14(21)8-15/h6-10,12,17H,2-5H2,1H3,(H,24,25)/t12-,17-. The highest BCUT2D eigenvalue weighted by molar-refractivity contribution is 6.30. The van der Waals surface area contributed by atoms with Crippen molar-refractivity contribution in [1.29, 1.82) is 0 Å². The molecule has 146 valence electrons. The van der Waals surface area contributed by atoms with Crippen molar-refractivity contribution >= 4 is 34.7 Å². The Balaban J connectivity index is 1.54. The van der Waals surface area contributed by atoms with Crippen LogP contribution in [0.3, 0.4) is 0 Å². The minimum absolute atomic E-state index is 0.0236. The topological polar surface area (TPSA) is 81.4 Å². The largest absolute Gasteiger partial charge is 0.463 e. The van der Waals surface area contributed by atoms with E-state index in [1.165, 1.54) is 19.1 Å². The van der Waals surface area contributed by atoms with Crippen LogP contribution in [0.4, 0.5) is 16.0 Å². The van der Waals surface area contributed by atoms with E-state index < -0.39 is 5.82 Å². The number of imidazole rings is 1. The van der Waals surface area contributed by atoms with E-state index in [4.69, 9.17) is 16.3 Å². The van der Waals surface area contributed by atoms with Crippen LogP contribution in [0.25, 0.3) is 5.52 Å². The molecule has 2 heterocycles. The minimum Gasteiger partial charge on any atom is -0.463 e. The fourth-order valence-corrected chi connectivity index (χ4v) is 3.80. The summed E-state index contributed by atoms with van der Waals surface area (Å²) in [5, 5.41) is 7.78. The van der Waals surface area contributed by atoms with Crippen LogP contribution in [-0.2, 0) is 9.53 Å². The van der Waals surface area contributed by atoms with Gasteiger partial charge in [-0.2, -0.15) is 0 Å². The van der Waals surface area contributed by atoms with E-state index in [1.807, 2.05) is 0 Å². The molecule has 9 heteroatoms. The maximum atomic E-state index is 13.5. The average molecular weight is 404 g/mol. The summed E-state index contributed by atoms with van der Waals surface area (Å²) in [4.78, 5) is 19.9.